The third-order valence-corrected chi connectivity index (χ3v) is 7.18. The summed E-state index contributed by atoms with van der Waals surface area (Å²) in [5.74, 6) is -0.404. The average Bonchev–Trinajstić information content (AvgIpc) is 2.64. The van der Waals surface area contributed by atoms with Crippen molar-refractivity contribution in [3.8, 4) is 0 Å². The van der Waals surface area contributed by atoms with E-state index in [9.17, 15) is 17.6 Å². The van der Waals surface area contributed by atoms with Crippen LogP contribution in [0.3, 0.4) is 0 Å². The van der Waals surface area contributed by atoms with Gasteiger partial charge in [-0.25, -0.2) is 12.8 Å². The van der Waals surface area contributed by atoms with E-state index in [0.29, 0.717) is 22.9 Å². The number of halogens is 2. The molecule has 0 saturated carbocycles. The normalized spacial score (nSPS) is 15.2. The van der Waals surface area contributed by atoms with E-state index in [-0.39, 0.29) is 23.5 Å². The third kappa shape index (κ3) is 2.87. The first-order valence-electron chi connectivity index (χ1n) is 7.95. The van der Waals surface area contributed by atoms with E-state index in [0.717, 1.165) is 10.0 Å². The van der Waals surface area contributed by atoms with E-state index < -0.39 is 15.8 Å². The zero-order valence-corrected chi connectivity index (χ0v) is 15.9. The molecule has 0 unspecified atom stereocenters. The molecule has 0 atom stereocenters. The number of aromatic nitrogens is 1. The average molecular weight is 437 g/mol. The fourth-order valence-electron chi connectivity index (χ4n) is 3.22. The predicted molar refractivity (Wildman–Crippen MR) is 100.0 cm³/mol. The van der Waals surface area contributed by atoms with Crippen LogP contribution in [0.15, 0.2) is 56.6 Å². The van der Waals surface area contributed by atoms with Gasteiger partial charge in [0.2, 0.25) is 15.6 Å². The van der Waals surface area contributed by atoms with Crippen molar-refractivity contribution in [1.29, 1.82) is 0 Å². The van der Waals surface area contributed by atoms with Gasteiger partial charge >= 0.3 is 0 Å². The molecule has 2 aromatic carbocycles. The lowest BCUT2D eigenvalue weighted by Crippen LogP contribution is -2.36. The monoisotopic (exact) mass is 436 g/mol. The number of nitrogens with zero attached hydrogens (tertiary/aromatic N) is 1. The number of benzene rings is 2. The summed E-state index contributed by atoms with van der Waals surface area (Å²) in [7, 11) is -3.78. The van der Waals surface area contributed by atoms with Gasteiger partial charge in [-0.3, -0.25) is 4.79 Å². The van der Waals surface area contributed by atoms with Crippen molar-refractivity contribution in [3.63, 3.8) is 0 Å². The van der Waals surface area contributed by atoms with Crippen molar-refractivity contribution >= 4 is 36.9 Å². The maximum absolute atomic E-state index is 14.2. The number of sulfonamides is 1. The minimum absolute atomic E-state index is 0.00734. The maximum atomic E-state index is 14.2. The summed E-state index contributed by atoms with van der Waals surface area (Å²) < 4.78 is 42.3. The number of fused-ring (bicyclic) bond motifs is 2. The topological polar surface area (TPSA) is 70.2 Å². The van der Waals surface area contributed by atoms with Crippen LogP contribution in [0.4, 0.5) is 4.39 Å². The lowest BCUT2D eigenvalue weighted by Gasteiger charge is -2.29. The van der Waals surface area contributed by atoms with Crippen molar-refractivity contribution in [1.82, 2.24) is 9.29 Å². The molecule has 0 amide bonds. The summed E-state index contributed by atoms with van der Waals surface area (Å²) in [6.07, 6.45) is 0.438. The molecule has 1 N–H and O–H groups in total. The van der Waals surface area contributed by atoms with E-state index in [4.69, 9.17) is 0 Å². The Hall–Kier alpha value is -2.03. The van der Waals surface area contributed by atoms with Gasteiger partial charge in [-0.15, -0.1) is 0 Å². The van der Waals surface area contributed by atoms with Crippen molar-refractivity contribution < 1.29 is 12.8 Å². The Bertz CT molecular complexity index is 1190. The zero-order valence-electron chi connectivity index (χ0n) is 13.5. The fourth-order valence-corrected chi connectivity index (χ4v) is 5.23. The molecule has 5 nitrogen and oxygen atoms in total. The molecule has 1 aromatic heterocycles. The first kappa shape index (κ1) is 17.4. The van der Waals surface area contributed by atoms with Crippen LogP contribution in [0.2, 0.25) is 0 Å². The molecule has 4 rings (SSSR count). The minimum atomic E-state index is -3.78. The molecule has 0 radical (unpaired) electrons. The van der Waals surface area contributed by atoms with Crippen LogP contribution in [0.25, 0.3) is 10.9 Å². The van der Waals surface area contributed by atoms with Crippen molar-refractivity contribution in [2.24, 2.45) is 0 Å². The van der Waals surface area contributed by atoms with E-state index in [1.807, 2.05) is 0 Å². The van der Waals surface area contributed by atoms with Crippen LogP contribution in [-0.2, 0) is 23.0 Å². The Morgan fingerprint density at radius 3 is 2.69 bits per heavy atom. The maximum Gasteiger partial charge on any atom is 0.248 e. The number of aromatic amines is 1. The van der Waals surface area contributed by atoms with Gasteiger partial charge in [0.25, 0.3) is 0 Å². The van der Waals surface area contributed by atoms with E-state index in [2.05, 4.69) is 20.9 Å². The van der Waals surface area contributed by atoms with E-state index in [1.165, 1.54) is 28.6 Å². The second-order valence-corrected chi connectivity index (χ2v) is 8.94. The van der Waals surface area contributed by atoms with Gasteiger partial charge in [-0.2, -0.15) is 4.31 Å². The van der Waals surface area contributed by atoms with Crippen molar-refractivity contribution in [2.75, 3.05) is 6.54 Å². The highest BCUT2D eigenvalue weighted by Gasteiger charge is 2.30. The van der Waals surface area contributed by atoms with Gasteiger partial charge < -0.3 is 4.98 Å². The number of H-pyrrole nitrogens is 1. The molecule has 2 heterocycles. The first-order chi connectivity index (χ1) is 12.4. The second kappa shape index (κ2) is 6.29. The van der Waals surface area contributed by atoms with E-state index >= 15 is 0 Å². The molecule has 0 fully saturated rings. The highest BCUT2D eigenvalue weighted by molar-refractivity contribution is 9.10. The molecule has 26 heavy (non-hydrogen) atoms. The van der Waals surface area contributed by atoms with Crippen LogP contribution < -0.4 is 5.56 Å². The summed E-state index contributed by atoms with van der Waals surface area (Å²) in [5, 5.41) is 0.622. The molecule has 0 spiro atoms. The lowest BCUT2D eigenvalue weighted by atomic mass is 10.0. The molecule has 0 saturated heterocycles. The largest absolute Gasteiger partial charge is 0.322 e. The fraction of sp³-hybridized carbons (Fsp3) is 0.167. The first-order valence-corrected chi connectivity index (χ1v) is 10.2. The Labute approximate surface area is 157 Å². The number of nitrogens with one attached hydrogen (secondary N) is 1. The van der Waals surface area contributed by atoms with Gasteiger partial charge in [-0.05, 0) is 53.8 Å². The SMILES string of the molecule is O=c1ccc2cc(S(=O)(=O)N3CCc4c(Br)ccc(F)c4C3)ccc2[nH]1. The number of pyridine rings is 1. The summed E-state index contributed by atoms with van der Waals surface area (Å²) >= 11 is 3.40. The quantitative estimate of drug-likeness (QED) is 0.670. The Kier molecular flexibility index (Phi) is 4.21. The highest BCUT2D eigenvalue weighted by atomic mass is 79.9. The summed E-state index contributed by atoms with van der Waals surface area (Å²) in [6.45, 7) is 0.271. The summed E-state index contributed by atoms with van der Waals surface area (Å²) in [5.41, 5.74) is 1.53. The lowest BCUT2D eigenvalue weighted by molar-refractivity contribution is 0.381. The standard InChI is InChI=1S/C18H14BrFN2O3S/c19-15-3-4-16(20)14-10-22(8-7-13(14)15)26(24,25)12-2-5-17-11(9-12)1-6-18(23)21-17/h1-6,9H,7-8,10H2,(H,21,23). The van der Waals surface area contributed by atoms with Crippen LogP contribution in [0.1, 0.15) is 11.1 Å². The smallest absolute Gasteiger partial charge is 0.248 e. The Balaban J connectivity index is 1.74. The predicted octanol–water partition coefficient (Wildman–Crippen LogP) is 3.18. The second-order valence-electron chi connectivity index (χ2n) is 6.15. The summed E-state index contributed by atoms with van der Waals surface area (Å²) in [6, 6.07) is 10.5. The van der Waals surface area contributed by atoms with Crippen LogP contribution in [-0.4, -0.2) is 24.3 Å². The summed E-state index contributed by atoms with van der Waals surface area (Å²) in [4.78, 5) is 14.1. The van der Waals surface area contributed by atoms with Crippen molar-refractivity contribution in [3.05, 3.63) is 74.2 Å². The molecule has 8 heteroatoms. The number of rotatable bonds is 2. The molecule has 1 aliphatic rings. The number of hydrogen-bond donors (Lipinski definition) is 1. The molecule has 3 aromatic rings. The Morgan fingerprint density at radius 2 is 1.88 bits per heavy atom. The zero-order chi connectivity index (χ0) is 18.5. The van der Waals surface area contributed by atoms with Gasteiger partial charge in [0, 0.05) is 34.7 Å². The van der Waals surface area contributed by atoms with Crippen molar-refractivity contribution in [2.45, 2.75) is 17.9 Å². The molecule has 134 valence electrons. The third-order valence-electron chi connectivity index (χ3n) is 4.60. The molecule has 0 bridgehead atoms. The molecule has 1 aliphatic heterocycles. The van der Waals surface area contributed by atoms with Gasteiger partial charge in [0.1, 0.15) is 5.82 Å². The van der Waals surface area contributed by atoms with Crippen LogP contribution >= 0.6 is 15.9 Å². The van der Waals surface area contributed by atoms with Gasteiger partial charge in [0.15, 0.2) is 0 Å². The molecule has 0 aliphatic carbocycles. The Morgan fingerprint density at radius 1 is 1.08 bits per heavy atom. The van der Waals surface area contributed by atoms with E-state index in [1.54, 1.807) is 18.2 Å². The minimum Gasteiger partial charge on any atom is -0.322 e. The van der Waals surface area contributed by atoms with Crippen LogP contribution in [0.5, 0.6) is 0 Å². The highest BCUT2D eigenvalue weighted by Crippen LogP contribution is 2.31. The van der Waals surface area contributed by atoms with Gasteiger partial charge in [-0.1, -0.05) is 15.9 Å². The molecular weight excluding hydrogens is 423 g/mol. The molecular formula is C18H14BrFN2O3S. The number of hydrogen-bond acceptors (Lipinski definition) is 3. The van der Waals surface area contributed by atoms with Crippen LogP contribution in [0, 0.1) is 5.82 Å². The van der Waals surface area contributed by atoms with Gasteiger partial charge in [0.05, 0.1) is 4.90 Å².